The van der Waals surface area contributed by atoms with Crippen LogP contribution in [0.1, 0.15) is 28.1 Å². The Balaban J connectivity index is 0.00000200. The Morgan fingerprint density at radius 2 is 1.95 bits per heavy atom. The minimum atomic E-state index is 0. The third-order valence-corrected chi connectivity index (χ3v) is 3.38. The Bertz CT molecular complexity index is 547. The number of aromatic amines is 1. The van der Waals surface area contributed by atoms with Gasteiger partial charge in [0.1, 0.15) is 5.75 Å². The van der Waals surface area contributed by atoms with E-state index >= 15 is 0 Å². The Labute approximate surface area is 126 Å². The third-order valence-electron chi connectivity index (χ3n) is 3.38. The number of nitrogens with one attached hydrogen (secondary N) is 2. The van der Waals surface area contributed by atoms with E-state index in [9.17, 15) is 0 Å². The molecule has 110 valence electrons. The van der Waals surface area contributed by atoms with Gasteiger partial charge in [0, 0.05) is 24.3 Å². The van der Waals surface area contributed by atoms with Gasteiger partial charge in [0.25, 0.3) is 0 Å². The van der Waals surface area contributed by atoms with Gasteiger partial charge in [-0.1, -0.05) is 12.1 Å². The number of aromatic nitrogens is 2. The first-order valence-corrected chi connectivity index (χ1v) is 6.46. The smallest absolute Gasteiger partial charge is 0.122 e. The molecule has 0 aliphatic heterocycles. The molecule has 4 nitrogen and oxygen atoms in total. The van der Waals surface area contributed by atoms with Gasteiger partial charge >= 0.3 is 0 Å². The zero-order chi connectivity index (χ0) is 13.8. The lowest BCUT2D eigenvalue weighted by atomic mass is 10.1. The van der Waals surface area contributed by atoms with Gasteiger partial charge in [-0.25, -0.2) is 0 Å². The molecule has 2 N–H and O–H groups in total. The molecule has 0 fully saturated rings. The molecule has 1 aromatic heterocycles. The number of rotatable bonds is 5. The maximum Gasteiger partial charge on any atom is 0.122 e. The standard InChI is InChI=1S/C15H21N3O.ClH/c1-10-5-6-13(7-15(10)19-4)8-16-9-14-11(2)17-18-12(14)3;/h5-7,16H,8-9H2,1-4H3,(H,17,18);1H. The maximum atomic E-state index is 5.33. The summed E-state index contributed by atoms with van der Waals surface area (Å²) in [7, 11) is 1.71. The second-order valence-electron chi connectivity index (χ2n) is 4.82. The summed E-state index contributed by atoms with van der Waals surface area (Å²) in [5.74, 6) is 0.940. The van der Waals surface area contributed by atoms with Crippen molar-refractivity contribution in [2.45, 2.75) is 33.9 Å². The lowest BCUT2D eigenvalue weighted by Gasteiger charge is -2.09. The molecule has 0 saturated carbocycles. The molecule has 0 spiro atoms. The number of H-pyrrole nitrogens is 1. The topological polar surface area (TPSA) is 49.9 Å². The van der Waals surface area contributed by atoms with Gasteiger partial charge in [0.05, 0.1) is 12.8 Å². The molecule has 0 atom stereocenters. The lowest BCUT2D eigenvalue weighted by molar-refractivity contribution is 0.411. The summed E-state index contributed by atoms with van der Waals surface area (Å²) in [6.07, 6.45) is 0. The fraction of sp³-hybridized carbons (Fsp3) is 0.400. The van der Waals surface area contributed by atoms with Crippen LogP contribution in [0, 0.1) is 20.8 Å². The molecule has 0 aliphatic carbocycles. The number of methoxy groups -OCH3 is 1. The molecule has 2 rings (SSSR count). The van der Waals surface area contributed by atoms with Gasteiger partial charge in [-0.05, 0) is 38.0 Å². The molecule has 0 saturated heterocycles. The average Bonchev–Trinajstić information content (AvgIpc) is 2.72. The minimum absolute atomic E-state index is 0. The molecule has 0 radical (unpaired) electrons. The third kappa shape index (κ3) is 3.74. The van der Waals surface area contributed by atoms with Crippen molar-refractivity contribution in [3.05, 3.63) is 46.3 Å². The van der Waals surface area contributed by atoms with Crippen molar-refractivity contribution in [2.24, 2.45) is 0 Å². The van der Waals surface area contributed by atoms with Gasteiger partial charge in [-0.15, -0.1) is 12.4 Å². The zero-order valence-corrected chi connectivity index (χ0v) is 13.2. The van der Waals surface area contributed by atoms with Crippen molar-refractivity contribution in [3.63, 3.8) is 0 Å². The summed E-state index contributed by atoms with van der Waals surface area (Å²) >= 11 is 0. The lowest BCUT2D eigenvalue weighted by Crippen LogP contribution is -2.13. The average molecular weight is 296 g/mol. The van der Waals surface area contributed by atoms with Gasteiger partial charge in [0.15, 0.2) is 0 Å². The molecule has 0 unspecified atom stereocenters. The van der Waals surface area contributed by atoms with E-state index in [1.165, 1.54) is 11.1 Å². The summed E-state index contributed by atoms with van der Waals surface area (Å²) in [5, 5.41) is 10.6. The Kier molecular flexibility index (Phi) is 6.05. The number of benzene rings is 1. The van der Waals surface area contributed by atoms with Crippen molar-refractivity contribution >= 4 is 12.4 Å². The first-order valence-electron chi connectivity index (χ1n) is 6.46. The summed E-state index contributed by atoms with van der Waals surface area (Å²) in [6.45, 7) is 7.76. The van der Waals surface area contributed by atoms with E-state index in [1.807, 2.05) is 20.8 Å². The van der Waals surface area contributed by atoms with E-state index in [4.69, 9.17) is 4.74 Å². The van der Waals surface area contributed by atoms with Crippen molar-refractivity contribution in [1.82, 2.24) is 15.5 Å². The normalized spacial score (nSPS) is 10.2. The van der Waals surface area contributed by atoms with Crippen LogP contribution in [-0.2, 0) is 13.1 Å². The Morgan fingerprint density at radius 1 is 1.20 bits per heavy atom. The Hall–Kier alpha value is -1.52. The van der Waals surface area contributed by atoms with Crippen LogP contribution >= 0.6 is 12.4 Å². The van der Waals surface area contributed by atoms with Crippen LogP contribution in [0.4, 0.5) is 0 Å². The van der Waals surface area contributed by atoms with Crippen LogP contribution in [0.25, 0.3) is 0 Å². The number of hydrogen-bond acceptors (Lipinski definition) is 3. The molecule has 1 heterocycles. The highest BCUT2D eigenvalue weighted by atomic mass is 35.5. The highest BCUT2D eigenvalue weighted by molar-refractivity contribution is 5.85. The molecular formula is C15H22ClN3O. The van der Waals surface area contributed by atoms with Crippen molar-refractivity contribution in [1.29, 1.82) is 0 Å². The van der Waals surface area contributed by atoms with Crippen molar-refractivity contribution < 1.29 is 4.74 Å². The first kappa shape index (κ1) is 16.5. The molecular weight excluding hydrogens is 274 g/mol. The zero-order valence-electron chi connectivity index (χ0n) is 12.4. The maximum absolute atomic E-state index is 5.33. The largest absolute Gasteiger partial charge is 0.496 e. The van der Waals surface area contributed by atoms with E-state index in [1.54, 1.807) is 7.11 Å². The molecule has 2 aromatic rings. The van der Waals surface area contributed by atoms with E-state index in [-0.39, 0.29) is 12.4 Å². The number of halogens is 1. The van der Waals surface area contributed by atoms with Gasteiger partial charge < -0.3 is 10.1 Å². The Morgan fingerprint density at radius 3 is 2.55 bits per heavy atom. The number of hydrogen-bond donors (Lipinski definition) is 2. The minimum Gasteiger partial charge on any atom is -0.496 e. The molecule has 0 amide bonds. The second kappa shape index (κ2) is 7.31. The van der Waals surface area contributed by atoms with Gasteiger partial charge in [0.2, 0.25) is 0 Å². The second-order valence-corrected chi connectivity index (χ2v) is 4.82. The van der Waals surface area contributed by atoms with Crippen molar-refractivity contribution in [2.75, 3.05) is 7.11 Å². The summed E-state index contributed by atoms with van der Waals surface area (Å²) in [5.41, 5.74) is 5.83. The highest BCUT2D eigenvalue weighted by Crippen LogP contribution is 2.19. The van der Waals surface area contributed by atoms with Crippen LogP contribution in [0.5, 0.6) is 5.75 Å². The van der Waals surface area contributed by atoms with Crippen LogP contribution in [0.2, 0.25) is 0 Å². The fourth-order valence-corrected chi connectivity index (χ4v) is 2.14. The van der Waals surface area contributed by atoms with E-state index in [0.29, 0.717) is 0 Å². The number of nitrogens with zero attached hydrogens (tertiary/aromatic N) is 1. The molecule has 5 heteroatoms. The monoisotopic (exact) mass is 295 g/mol. The number of aryl methyl sites for hydroxylation is 3. The highest BCUT2D eigenvalue weighted by Gasteiger charge is 2.06. The SMILES string of the molecule is COc1cc(CNCc2c(C)n[nH]c2C)ccc1C.Cl. The van der Waals surface area contributed by atoms with E-state index < -0.39 is 0 Å². The molecule has 0 aliphatic rings. The van der Waals surface area contributed by atoms with Crippen LogP contribution in [-0.4, -0.2) is 17.3 Å². The number of ether oxygens (including phenoxy) is 1. The fourth-order valence-electron chi connectivity index (χ4n) is 2.14. The van der Waals surface area contributed by atoms with Crippen LogP contribution in [0.3, 0.4) is 0 Å². The van der Waals surface area contributed by atoms with E-state index in [2.05, 4.69) is 33.7 Å². The van der Waals surface area contributed by atoms with Gasteiger partial charge in [-0.2, -0.15) is 5.10 Å². The summed E-state index contributed by atoms with van der Waals surface area (Å²) < 4.78 is 5.33. The predicted molar refractivity (Wildman–Crippen MR) is 83.6 cm³/mol. The van der Waals surface area contributed by atoms with Crippen LogP contribution < -0.4 is 10.1 Å². The first-order chi connectivity index (χ1) is 9.11. The summed E-state index contributed by atoms with van der Waals surface area (Å²) in [6, 6.07) is 6.29. The quantitative estimate of drug-likeness (QED) is 0.891. The molecule has 0 bridgehead atoms. The van der Waals surface area contributed by atoms with E-state index in [0.717, 1.165) is 35.8 Å². The van der Waals surface area contributed by atoms with Crippen molar-refractivity contribution in [3.8, 4) is 5.75 Å². The molecule has 20 heavy (non-hydrogen) atoms. The summed E-state index contributed by atoms with van der Waals surface area (Å²) in [4.78, 5) is 0. The van der Waals surface area contributed by atoms with Crippen LogP contribution in [0.15, 0.2) is 18.2 Å². The molecule has 1 aromatic carbocycles. The van der Waals surface area contributed by atoms with Gasteiger partial charge in [-0.3, -0.25) is 5.10 Å². The predicted octanol–water partition coefficient (Wildman–Crippen LogP) is 3.06.